The second-order valence-electron chi connectivity index (χ2n) is 16.1. The molecule has 0 atom stereocenters. The molecule has 4 nitrogen and oxygen atoms in total. The lowest BCUT2D eigenvalue weighted by Gasteiger charge is -2.06. The van der Waals surface area contributed by atoms with Crippen LogP contribution < -0.4 is 0 Å². The Kier molecular flexibility index (Phi) is 6.83. The first kappa shape index (κ1) is 33.2. The van der Waals surface area contributed by atoms with E-state index in [4.69, 9.17) is 17.7 Å². The summed E-state index contributed by atoms with van der Waals surface area (Å²) in [6.07, 6.45) is 0. The molecule has 0 aliphatic heterocycles. The highest BCUT2D eigenvalue weighted by Crippen LogP contribution is 2.45. The van der Waals surface area contributed by atoms with E-state index >= 15 is 0 Å². The fourth-order valence-corrected chi connectivity index (χ4v) is 9.53. The molecule has 282 valence electrons. The van der Waals surface area contributed by atoms with Crippen LogP contribution in [0.1, 0.15) is 11.1 Å². The quantitative estimate of drug-likeness (QED) is 0.179. The Morgan fingerprint density at radius 3 is 0.833 bits per heavy atom. The van der Waals surface area contributed by atoms with Crippen molar-refractivity contribution in [3.63, 3.8) is 0 Å². The van der Waals surface area contributed by atoms with Gasteiger partial charge in [0.2, 0.25) is 0 Å². The minimum atomic E-state index is 0.781. The molecule has 0 aliphatic carbocycles. The van der Waals surface area contributed by atoms with Crippen molar-refractivity contribution in [2.45, 2.75) is 13.8 Å². The number of aryl methyl sites for hydroxylation is 2. The summed E-state index contributed by atoms with van der Waals surface area (Å²) in [5.41, 5.74) is 18.3. The first-order valence-corrected chi connectivity index (χ1v) is 20.4. The van der Waals surface area contributed by atoms with Gasteiger partial charge in [-0.1, -0.05) is 97.1 Å². The van der Waals surface area contributed by atoms with Crippen LogP contribution in [0.15, 0.2) is 188 Å². The van der Waals surface area contributed by atoms with Crippen molar-refractivity contribution in [2.24, 2.45) is 0 Å². The summed E-state index contributed by atoms with van der Waals surface area (Å²) in [5.74, 6) is 0. The Morgan fingerprint density at radius 2 is 0.517 bits per heavy atom. The van der Waals surface area contributed by atoms with E-state index in [2.05, 4.69) is 172 Å². The second-order valence-corrected chi connectivity index (χ2v) is 16.1. The maximum atomic E-state index is 6.71. The summed E-state index contributed by atoms with van der Waals surface area (Å²) in [4.78, 5) is 0. The molecule has 0 fully saturated rings. The van der Waals surface area contributed by atoms with Crippen LogP contribution >= 0.6 is 0 Å². The molecule has 4 aromatic heterocycles. The number of furan rings is 4. The van der Waals surface area contributed by atoms with Crippen LogP contribution in [0.25, 0.3) is 132 Å². The van der Waals surface area contributed by atoms with Gasteiger partial charge in [0, 0.05) is 43.1 Å². The molecule has 0 aliphatic rings. The van der Waals surface area contributed by atoms with E-state index in [9.17, 15) is 0 Å². The molecule has 0 bridgehead atoms. The van der Waals surface area contributed by atoms with Gasteiger partial charge < -0.3 is 17.7 Å². The van der Waals surface area contributed by atoms with Crippen LogP contribution in [-0.4, -0.2) is 0 Å². The lowest BCUT2D eigenvalue weighted by molar-refractivity contribution is 0.633. The Balaban J connectivity index is 0.923. The molecule has 0 N–H and O–H groups in total. The fraction of sp³-hybridized carbons (Fsp3) is 0.0357. The normalized spacial score (nSPS) is 12.2. The lowest BCUT2D eigenvalue weighted by Crippen LogP contribution is -1.85. The Morgan fingerprint density at radius 1 is 0.250 bits per heavy atom. The Hall–Kier alpha value is -7.82. The first-order chi connectivity index (χ1) is 29.5. The first-order valence-electron chi connectivity index (χ1n) is 20.4. The third kappa shape index (κ3) is 4.85. The monoisotopic (exact) mass is 770 g/mol. The van der Waals surface area contributed by atoms with Crippen LogP contribution in [0.3, 0.4) is 0 Å². The van der Waals surface area contributed by atoms with E-state index in [1.54, 1.807) is 0 Å². The maximum absolute atomic E-state index is 6.71. The van der Waals surface area contributed by atoms with E-state index in [1.165, 1.54) is 33.4 Å². The number of hydrogen-bond donors (Lipinski definition) is 0. The SMILES string of the molecule is Cc1c(C)c2c3cc(-c4ccc5oc6ccc(-c7ccccc7)cc6c5c4)ccc3oc2c2oc3ccc(-c4ccc5oc6ccc(-c7ccccc7)cc6c5c4)cc3c12. The van der Waals surface area contributed by atoms with Gasteiger partial charge in [-0.2, -0.15) is 0 Å². The predicted molar refractivity (Wildman–Crippen MR) is 247 cm³/mol. The molecule has 0 radical (unpaired) electrons. The second kappa shape index (κ2) is 12.3. The molecule has 9 aromatic carbocycles. The summed E-state index contributed by atoms with van der Waals surface area (Å²) >= 11 is 0. The van der Waals surface area contributed by atoms with Gasteiger partial charge in [-0.25, -0.2) is 0 Å². The molecule has 0 amide bonds. The van der Waals surface area contributed by atoms with Gasteiger partial charge >= 0.3 is 0 Å². The van der Waals surface area contributed by atoms with Crippen LogP contribution in [0.2, 0.25) is 0 Å². The molecule has 4 heterocycles. The topological polar surface area (TPSA) is 52.6 Å². The predicted octanol–water partition coefficient (Wildman–Crippen LogP) is 16.6. The highest BCUT2D eigenvalue weighted by Gasteiger charge is 2.22. The van der Waals surface area contributed by atoms with Crippen molar-refractivity contribution < 1.29 is 17.7 Å². The van der Waals surface area contributed by atoms with Gasteiger partial charge in [0.05, 0.1) is 0 Å². The molecule has 0 saturated heterocycles. The zero-order chi connectivity index (χ0) is 39.6. The average Bonchev–Trinajstić information content (AvgIpc) is 4.07. The van der Waals surface area contributed by atoms with E-state index in [0.29, 0.717) is 0 Å². The smallest absolute Gasteiger partial charge is 0.178 e. The molecule has 0 unspecified atom stereocenters. The van der Waals surface area contributed by atoms with Crippen LogP contribution in [0.4, 0.5) is 0 Å². The van der Waals surface area contributed by atoms with E-state index < -0.39 is 0 Å². The number of hydrogen-bond acceptors (Lipinski definition) is 4. The van der Waals surface area contributed by atoms with Gasteiger partial charge in [-0.15, -0.1) is 0 Å². The Bertz CT molecular complexity index is 3640. The summed E-state index contributed by atoms with van der Waals surface area (Å²) in [5, 5.41) is 8.74. The van der Waals surface area contributed by atoms with Gasteiger partial charge in [0.15, 0.2) is 11.2 Å². The van der Waals surface area contributed by atoms with E-state index in [-0.39, 0.29) is 0 Å². The Labute approximate surface area is 343 Å². The number of benzene rings is 9. The number of fused-ring (bicyclic) bond motifs is 13. The van der Waals surface area contributed by atoms with Gasteiger partial charge in [-0.3, -0.25) is 0 Å². The minimum Gasteiger partial charge on any atom is -0.456 e. The van der Waals surface area contributed by atoms with Gasteiger partial charge in [0.25, 0.3) is 0 Å². The van der Waals surface area contributed by atoms with Crippen LogP contribution in [-0.2, 0) is 0 Å². The number of rotatable bonds is 4. The summed E-state index contributed by atoms with van der Waals surface area (Å²) in [7, 11) is 0. The van der Waals surface area contributed by atoms with Crippen molar-refractivity contribution >= 4 is 87.8 Å². The van der Waals surface area contributed by atoms with Crippen molar-refractivity contribution in [1.82, 2.24) is 0 Å². The van der Waals surface area contributed by atoms with E-state index in [1.807, 2.05) is 12.1 Å². The molecule has 0 saturated carbocycles. The molecular weight excluding hydrogens is 737 g/mol. The summed E-state index contributed by atoms with van der Waals surface area (Å²) < 4.78 is 26.0. The average molecular weight is 771 g/mol. The molecule has 13 aromatic rings. The lowest BCUT2D eigenvalue weighted by atomic mass is 9.95. The summed E-state index contributed by atoms with van der Waals surface area (Å²) in [6, 6.07) is 59.8. The van der Waals surface area contributed by atoms with Crippen molar-refractivity contribution in [2.75, 3.05) is 0 Å². The zero-order valence-electron chi connectivity index (χ0n) is 32.8. The zero-order valence-corrected chi connectivity index (χ0v) is 32.8. The molecule has 0 spiro atoms. The van der Waals surface area contributed by atoms with Crippen molar-refractivity contribution in [1.29, 1.82) is 0 Å². The van der Waals surface area contributed by atoms with Crippen LogP contribution in [0.5, 0.6) is 0 Å². The fourth-order valence-electron chi connectivity index (χ4n) is 9.53. The molecule has 4 heteroatoms. The largest absolute Gasteiger partial charge is 0.456 e. The van der Waals surface area contributed by atoms with Crippen LogP contribution in [0, 0.1) is 13.8 Å². The molecular formula is C56H34O4. The highest BCUT2D eigenvalue weighted by molar-refractivity contribution is 6.22. The summed E-state index contributed by atoms with van der Waals surface area (Å²) in [6.45, 7) is 4.41. The minimum absolute atomic E-state index is 0.781. The molecule has 13 rings (SSSR count). The standard InChI is InChI=1S/C56H34O4/c1-31-32(2)54-46-30-40(38-16-22-50-44(28-38)42-26-36(14-20-48(42)58-50)34-11-7-4-8-12-34)18-24-52(46)60-56(54)55-53(31)45-29-39(17-23-51(45)59-55)37-15-21-49-43(27-37)41-25-35(13-19-47(41)57-49)33-9-5-3-6-10-33/h3-30H,1-2H3. The van der Waals surface area contributed by atoms with Crippen molar-refractivity contribution in [3.05, 3.63) is 181 Å². The van der Waals surface area contributed by atoms with E-state index in [0.717, 1.165) is 110 Å². The van der Waals surface area contributed by atoms with Gasteiger partial charge in [-0.05, 0) is 142 Å². The van der Waals surface area contributed by atoms with Gasteiger partial charge in [0.1, 0.15) is 33.5 Å². The highest BCUT2D eigenvalue weighted by atomic mass is 16.4. The van der Waals surface area contributed by atoms with Crippen molar-refractivity contribution in [3.8, 4) is 44.5 Å². The third-order valence-electron chi connectivity index (χ3n) is 12.7. The molecule has 60 heavy (non-hydrogen) atoms. The maximum Gasteiger partial charge on any atom is 0.178 e. The third-order valence-corrected chi connectivity index (χ3v) is 12.7.